The number of nitro benzene ring substituents is 1. The zero-order valence-electron chi connectivity index (χ0n) is 14.8. The van der Waals surface area contributed by atoms with Gasteiger partial charge in [-0.3, -0.25) is 19.9 Å². The van der Waals surface area contributed by atoms with Gasteiger partial charge in [-0.15, -0.1) is 0 Å². The summed E-state index contributed by atoms with van der Waals surface area (Å²) in [5.74, 6) is 0.603. The summed E-state index contributed by atoms with van der Waals surface area (Å²) < 4.78 is 0. The van der Waals surface area contributed by atoms with E-state index in [1.807, 2.05) is 17.0 Å². The first kappa shape index (κ1) is 19.0. The second-order valence-corrected chi connectivity index (χ2v) is 6.86. The fraction of sp³-hybridized carbons (Fsp3) is 0.300. The van der Waals surface area contributed by atoms with Gasteiger partial charge in [0, 0.05) is 41.4 Å². The second-order valence-electron chi connectivity index (χ2n) is 6.43. The number of rotatable bonds is 5. The topological polar surface area (TPSA) is 75.8 Å². The van der Waals surface area contributed by atoms with Crippen molar-refractivity contribution < 1.29 is 9.72 Å². The Bertz CT molecular complexity index is 865. The fourth-order valence-electron chi connectivity index (χ4n) is 3.07. The van der Waals surface area contributed by atoms with Crippen LogP contribution in [0.4, 0.5) is 5.69 Å². The van der Waals surface area contributed by atoms with E-state index < -0.39 is 4.92 Å². The van der Waals surface area contributed by atoms with Crippen LogP contribution in [0.2, 0.25) is 5.02 Å². The lowest BCUT2D eigenvalue weighted by atomic mass is 10.1. The van der Waals surface area contributed by atoms with Gasteiger partial charge >= 0.3 is 0 Å². The van der Waals surface area contributed by atoms with Crippen LogP contribution in [0.3, 0.4) is 0 Å². The quantitative estimate of drug-likeness (QED) is 0.435. The van der Waals surface area contributed by atoms with Crippen molar-refractivity contribution in [2.24, 2.45) is 4.99 Å². The molecule has 3 rings (SSSR count). The molecule has 1 aliphatic rings. The highest BCUT2D eigenvalue weighted by atomic mass is 35.5. The highest BCUT2D eigenvalue weighted by Crippen LogP contribution is 2.18. The van der Waals surface area contributed by atoms with E-state index in [9.17, 15) is 14.9 Å². The Balaban J connectivity index is 1.85. The lowest BCUT2D eigenvalue weighted by Gasteiger charge is -2.27. The van der Waals surface area contributed by atoms with E-state index in [4.69, 9.17) is 16.6 Å². The first-order chi connectivity index (χ1) is 13.0. The summed E-state index contributed by atoms with van der Waals surface area (Å²) >= 11 is 5.99. The Labute approximate surface area is 162 Å². The largest absolute Gasteiger partial charge is 0.349 e. The molecule has 0 saturated carbocycles. The van der Waals surface area contributed by atoms with E-state index in [0.717, 1.165) is 30.7 Å². The molecular formula is C20H20ClN3O3. The highest BCUT2D eigenvalue weighted by Gasteiger charge is 2.20. The van der Waals surface area contributed by atoms with E-state index in [-0.39, 0.29) is 18.0 Å². The minimum absolute atomic E-state index is 0.0832. The molecule has 0 N–H and O–H groups in total. The Morgan fingerprint density at radius 3 is 2.67 bits per heavy atom. The van der Waals surface area contributed by atoms with Gasteiger partial charge < -0.3 is 4.90 Å². The minimum atomic E-state index is -0.493. The Morgan fingerprint density at radius 2 is 1.93 bits per heavy atom. The highest BCUT2D eigenvalue weighted by molar-refractivity contribution is 6.30. The molecule has 7 heteroatoms. The molecule has 2 aromatic carbocycles. The zero-order valence-corrected chi connectivity index (χ0v) is 15.6. The number of hydrogen-bond acceptors (Lipinski definition) is 5. The van der Waals surface area contributed by atoms with Crippen molar-refractivity contribution >= 4 is 28.9 Å². The van der Waals surface area contributed by atoms with E-state index >= 15 is 0 Å². The molecule has 6 nitrogen and oxygen atoms in total. The molecule has 1 aliphatic heterocycles. The van der Waals surface area contributed by atoms with Crippen LogP contribution in [0, 0.1) is 10.1 Å². The number of benzene rings is 2. The maximum Gasteiger partial charge on any atom is 0.270 e. The molecule has 0 unspecified atom stereocenters. The third-order valence-electron chi connectivity index (χ3n) is 4.46. The maximum atomic E-state index is 12.8. The van der Waals surface area contributed by atoms with Gasteiger partial charge in [-0.2, -0.15) is 0 Å². The van der Waals surface area contributed by atoms with Gasteiger partial charge in [-0.05, 0) is 43.5 Å². The third kappa shape index (κ3) is 4.92. The summed E-state index contributed by atoms with van der Waals surface area (Å²) in [5.41, 5.74) is 1.16. The fourth-order valence-corrected chi connectivity index (χ4v) is 3.19. The summed E-state index contributed by atoms with van der Waals surface area (Å²) in [6.45, 7) is 1.55. The first-order valence-electron chi connectivity index (χ1n) is 8.87. The van der Waals surface area contributed by atoms with Gasteiger partial charge in [0.25, 0.3) is 5.69 Å². The standard InChI is InChI=1S/C20H20ClN3O3/c21-17-9-7-15(8-10-17)20-22-11-2-1-3-12-23(20)14-19(25)16-5-4-6-18(13-16)24(26)27/h4-10,13H,1-3,11-12,14H2. The molecule has 2 aromatic rings. The predicted molar refractivity (Wildman–Crippen MR) is 106 cm³/mol. The van der Waals surface area contributed by atoms with E-state index in [2.05, 4.69) is 0 Å². The lowest BCUT2D eigenvalue weighted by Crippen LogP contribution is -2.38. The summed E-state index contributed by atoms with van der Waals surface area (Å²) in [6, 6.07) is 13.3. The van der Waals surface area contributed by atoms with Gasteiger partial charge in [0.15, 0.2) is 5.78 Å². The number of nitrogens with zero attached hydrogens (tertiary/aromatic N) is 3. The number of hydrogen-bond donors (Lipinski definition) is 0. The van der Waals surface area contributed by atoms with E-state index in [1.165, 1.54) is 18.2 Å². The molecule has 0 atom stereocenters. The molecule has 0 saturated heterocycles. The summed E-state index contributed by atoms with van der Waals surface area (Å²) in [4.78, 5) is 29.9. The second kappa shape index (κ2) is 8.77. The summed E-state index contributed by atoms with van der Waals surface area (Å²) in [7, 11) is 0. The van der Waals surface area contributed by atoms with Crippen LogP contribution in [-0.2, 0) is 0 Å². The normalized spacial score (nSPS) is 14.9. The first-order valence-corrected chi connectivity index (χ1v) is 9.25. The molecular weight excluding hydrogens is 366 g/mol. The number of carbonyl (C=O) groups excluding carboxylic acids is 1. The lowest BCUT2D eigenvalue weighted by molar-refractivity contribution is -0.384. The summed E-state index contributed by atoms with van der Waals surface area (Å²) in [6.07, 6.45) is 3.04. The van der Waals surface area contributed by atoms with E-state index in [0.29, 0.717) is 23.7 Å². The van der Waals surface area contributed by atoms with Crippen LogP contribution in [0.5, 0.6) is 0 Å². The van der Waals surface area contributed by atoms with Gasteiger partial charge in [-0.1, -0.05) is 23.7 Å². The number of amidine groups is 1. The Hall–Kier alpha value is -2.73. The SMILES string of the molecule is O=C(CN1CCCCCN=C1c1ccc(Cl)cc1)c1cccc([N+](=O)[O-])c1. The van der Waals surface area contributed by atoms with Crippen molar-refractivity contribution in [3.8, 4) is 0 Å². The van der Waals surface area contributed by atoms with Gasteiger partial charge in [0.1, 0.15) is 5.84 Å². The van der Waals surface area contributed by atoms with Crippen LogP contribution < -0.4 is 0 Å². The van der Waals surface area contributed by atoms with Crippen LogP contribution in [0.25, 0.3) is 0 Å². The number of nitro groups is 1. The average molecular weight is 386 g/mol. The molecule has 140 valence electrons. The van der Waals surface area contributed by atoms with Gasteiger partial charge in [0.05, 0.1) is 11.5 Å². The van der Waals surface area contributed by atoms with Crippen LogP contribution in [-0.4, -0.2) is 41.1 Å². The molecule has 0 amide bonds. The van der Waals surface area contributed by atoms with Gasteiger partial charge in [0.2, 0.25) is 0 Å². The Kier molecular flexibility index (Phi) is 6.19. The van der Waals surface area contributed by atoms with Crippen LogP contribution in [0.1, 0.15) is 35.2 Å². The smallest absolute Gasteiger partial charge is 0.270 e. The van der Waals surface area contributed by atoms with Crippen molar-refractivity contribution in [3.63, 3.8) is 0 Å². The molecule has 0 radical (unpaired) electrons. The van der Waals surface area contributed by atoms with E-state index in [1.54, 1.807) is 18.2 Å². The Morgan fingerprint density at radius 1 is 1.15 bits per heavy atom. The monoisotopic (exact) mass is 385 g/mol. The molecule has 0 spiro atoms. The van der Waals surface area contributed by atoms with Crippen LogP contribution >= 0.6 is 11.6 Å². The maximum absolute atomic E-state index is 12.8. The summed E-state index contributed by atoms with van der Waals surface area (Å²) in [5, 5.41) is 11.6. The van der Waals surface area contributed by atoms with Crippen molar-refractivity contribution in [2.75, 3.05) is 19.6 Å². The number of aliphatic imine (C=N–C) groups is 1. The number of Topliss-reactive ketones (excluding diaryl/α,β-unsaturated/α-hetero) is 1. The number of halogens is 1. The van der Waals surface area contributed by atoms with Crippen molar-refractivity contribution in [2.45, 2.75) is 19.3 Å². The van der Waals surface area contributed by atoms with Gasteiger partial charge in [-0.25, -0.2) is 0 Å². The van der Waals surface area contributed by atoms with Crippen molar-refractivity contribution in [3.05, 3.63) is 74.8 Å². The average Bonchev–Trinajstić information content (AvgIpc) is 2.65. The molecule has 0 aliphatic carbocycles. The number of non-ortho nitro benzene ring substituents is 1. The van der Waals surface area contributed by atoms with Crippen molar-refractivity contribution in [1.29, 1.82) is 0 Å². The molecule has 0 aromatic heterocycles. The molecule has 1 heterocycles. The molecule has 0 fully saturated rings. The number of ketones is 1. The van der Waals surface area contributed by atoms with Crippen LogP contribution in [0.15, 0.2) is 53.5 Å². The third-order valence-corrected chi connectivity index (χ3v) is 4.72. The minimum Gasteiger partial charge on any atom is -0.349 e. The number of carbonyl (C=O) groups is 1. The predicted octanol–water partition coefficient (Wildman–Crippen LogP) is 4.36. The zero-order chi connectivity index (χ0) is 19.2. The molecule has 27 heavy (non-hydrogen) atoms. The molecule has 0 bridgehead atoms. The van der Waals surface area contributed by atoms with Crippen molar-refractivity contribution in [1.82, 2.24) is 4.90 Å².